The Kier molecular flexibility index (Phi) is 4.05. The van der Waals surface area contributed by atoms with Crippen LogP contribution in [0.25, 0.3) is 0 Å². The Hall–Kier alpha value is -1.91. The van der Waals surface area contributed by atoms with Gasteiger partial charge < -0.3 is 11.1 Å². The highest BCUT2D eigenvalue weighted by Crippen LogP contribution is 2.60. The molecule has 0 aliphatic heterocycles. The predicted molar refractivity (Wildman–Crippen MR) is 91.8 cm³/mol. The molecule has 0 aromatic heterocycles. The fraction of sp³-hybridized carbons (Fsp3) is 0.600. The minimum atomic E-state index is -0.744. The molecule has 4 fully saturated rings. The van der Waals surface area contributed by atoms with Gasteiger partial charge in [-0.2, -0.15) is 0 Å². The number of carbonyl (C=O) groups excluding carboxylic acids is 2. The lowest BCUT2D eigenvalue weighted by Crippen LogP contribution is -2.57. The summed E-state index contributed by atoms with van der Waals surface area (Å²) in [5.74, 6) is 1.14. The Morgan fingerprint density at radius 3 is 2.08 bits per heavy atom. The molecule has 0 heterocycles. The lowest BCUT2D eigenvalue weighted by Gasteiger charge is -2.55. The third kappa shape index (κ3) is 3.16. The van der Waals surface area contributed by atoms with E-state index in [9.17, 15) is 14.0 Å². The summed E-state index contributed by atoms with van der Waals surface area (Å²) in [6.45, 7) is 0. The molecule has 4 bridgehead atoms. The monoisotopic (exact) mass is 344 g/mol. The van der Waals surface area contributed by atoms with Crippen molar-refractivity contribution in [3.8, 4) is 0 Å². The Morgan fingerprint density at radius 1 is 1.08 bits per heavy atom. The number of rotatable bonds is 5. The summed E-state index contributed by atoms with van der Waals surface area (Å²) in [7, 11) is 0. The third-order valence-corrected chi connectivity index (χ3v) is 6.52. The molecule has 5 heteroatoms. The largest absolute Gasteiger partial charge is 0.368 e. The zero-order valence-corrected chi connectivity index (χ0v) is 14.3. The van der Waals surface area contributed by atoms with Gasteiger partial charge in [0.25, 0.3) is 0 Å². The Morgan fingerprint density at radius 2 is 1.60 bits per heavy atom. The first-order valence-electron chi connectivity index (χ1n) is 9.28. The van der Waals surface area contributed by atoms with Crippen LogP contribution in [0.5, 0.6) is 0 Å². The molecule has 3 N–H and O–H groups in total. The van der Waals surface area contributed by atoms with Crippen LogP contribution >= 0.6 is 0 Å². The number of halogens is 1. The molecule has 2 amide bonds. The maximum absolute atomic E-state index is 13.1. The van der Waals surface area contributed by atoms with Crippen LogP contribution in [0, 0.1) is 29.0 Å². The molecule has 4 aliphatic carbocycles. The standard InChI is InChI=1S/C20H25FN2O2/c21-16-3-1-12(2-4-16)8-17(18(22)24)23-19(25)20-9-13-5-14(10-20)7-15(6-13)11-20/h1-4,13-15,17H,5-11H2,(H2,22,24)(H,23,25)/t13?,14?,15?,17-,20?/m0/s1. The highest BCUT2D eigenvalue weighted by Gasteiger charge is 2.54. The van der Waals surface area contributed by atoms with Gasteiger partial charge in [-0.1, -0.05) is 12.1 Å². The number of hydrogen-bond acceptors (Lipinski definition) is 2. The normalized spacial score (nSPS) is 33.9. The van der Waals surface area contributed by atoms with E-state index in [-0.39, 0.29) is 17.1 Å². The van der Waals surface area contributed by atoms with Crippen LogP contribution in [0.15, 0.2) is 24.3 Å². The van der Waals surface area contributed by atoms with E-state index in [0.29, 0.717) is 24.2 Å². The van der Waals surface area contributed by atoms with Gasteiger partial charge in [0.15, 0.2) is 0 Å². The van der Waals surface area contributed by atoms with Crippen molar-refractivity contribution in [3.05, 3.63) is 35.6 Å². The Balaban J connectivity index is 1.47. The van der Waals surface area contributed by atoms with Gasteiger partial charge in [0.1, 0.15) is 11.9 Å². The molecule has 0 unspecified atom stereocenters. The van der Waals surface area contributed by atoms with Crippen LogP contribution in [0.2, 0.25) is 0 Å². The van der Waals surface area contributed by atoms with Crippen molar-refractivity contribution in [1.29, 1.82) is 0 Å². The van der Waals surface area contributed by atoms with Crippen molar-refractivity contribution >= 4 is 11.8 Å². The van der Waals surface area contributed by atoms with Crippen LogP contribution in [0.3, 0.4) is 0 Å². The topological polar surface area (TPSA) is 72.2 Å². The molecule has 1 aromatic carbocycles. The smallest absolute Gasteiger partial charge is 0.240 e. The van der Waals surface area contributed by atoms with Gasteiger partial charge >= 0.3 is 0 Å². The summed E-state index contributed by atoms with van der Waals surface area (Å²) in [5, 5.41) is 2.93. The Labute approximate surface area is 147 Å². The van der Waals surface area contributed by atoms with E-state index in [4.69, 9.17) is 5.73 Å². The van der Waals surface area contributed by atoms with Crippen molar-refractivity contribution in [2.24, 2.45) is 28.9 Å². The molecular formula is C20H25FN2O2. The summed E-state index contributed by atoms with van der Waals surface area (Å²) in [6, 6.07) is 5.22. The number of nitrogens with two attached hydrogens (primary N) is 1. The average Bonchev–Trinajstić information content (AvgIpc) is 2.54. The lowest BCUT2D eigenvalue weighted by molar-refractivity contribution is -0.148. The van der Waals surface area contributed by atoms with Crippen LogP contribution in [-0.4, -0.2) is 17.9 Å². The van der Waals surface area contributed by atoms with E-state index in [2.05, 4.69) is 5.32 Å². The van der Waals surface area contributed by atoms with Gasteiger partial charge in [0.2, 0.25) is 11.8 Å². The molecule has 5 rings (SSSR count). The van der Waals surface area contributed by atoms with Crippen molar-refractivity contribution in [2.45, 2.75) is 51.0 Å². The molecule has 1 aromatic rings. The van der Waals surface area contributed by atoms with Crippen molar-refractivity contribution < 1.29 is 14.0 Å². The fourth-order valence-corrected chi connectivity index (χ4v) is 5.78. The molecule has 0 saturated heterocycles. The number of hydrogen-bond donors (Lipinski definition) is 2. The molecule has 4 saturated carbocycles. The molecular weight excluding hydrogens is 319 g/mol. The SMILES string of the molecule is NC(=O)[C@H](Cc1ccc(F)cc1)NC(=O)C12CC3CC(CC(C3)C1)C2. The zero-order chi connectivity index (χ0) is 17.6. The Bertz CT molecular complexity index is 650. The summed E-state index contributed by atoms with van der Waals surface area (Å²) < 4.78 is 13.1. The van der Waals surface area contributed by atoms with E-state index >= 15 is 0 Å². The first kappa shape index (κ1) is 16.6. The minimum Gasteiger partial charge on any atom is -0.368 e. The first-order chi connectivity index (χ1) is 11.9. The summed E-state index contributed by atoms with van der Waals surface area (Å²) in [6.07, 6.45) is 6.95. The van der Waals surface area contributed by atoms with Crippen molar-refractivity contribution in [3.63, 3.8) is 0 Å². The molecule has 0 radical (unpaired) electrons. The van der Waals surface area contributed by atoms with Gasteiger partial charge in [-0.05, 0) is 74.0 Å². The number of amides is 2. The number of benzene rings is 1. The molecule has 1 atom stereocenters. The van der Waals surface area contributed by atoms with Gasteiger partial charge in [-0.15, -0.1) is 0 Å². The highest BCUT2D eigenvalue weighted by molar-refractivity contribution is 5.89. The summed E-state index contributed by atoms with van der Waals surface area (Å²) >= 11 is 0. The van der Waals surface area contributed by atoms with Crippen molar-refractivity contribution in [1.82, 2.24) is 5.32 Å². The van der Waals surface area contributed by atoms with Crippen LogP contribution in [0.1, 0.15) is 44.1 Å². The second kappa shape index (κ2) is 6.11. The average molecular weight is 344 g/mol. The second-order valence-electron chi connectivity index (χ2n) is 8.46. The van der Waals surface area contributed by atoms with Crippen LogP contribution in [0.4, 0.5) is 4.39 Å². The quantitative estimate of drug-likeness (QED) is 0.862. The van der Waals surface area contributed by atoms with E-state index in [1.54, 1.807) is 12.1 Å². The van der Waals surface area contributed by atoms with E-state index < -0.39 is 11.9 Å². The van der Waals surface area contributed by atoms with Crippen LogP contribution in [-0.2, 0) is 16.0 Å². The first-order valence-corrected chi connectivity index (χ1v) is 9.28. The van der Waals surface area contributed by atoms with Gasteiger partial charge in [0.05, 0.1) is 0 Å². The highest BCUT2D eigenvalue weighted by atomic mass is 19.1. The van der Waals surface area contributed by atoms with Crippen LogP contribution < -0.4 is 11.1 Å². The number of carbonyl (C=O) groups is 2. The molecule has 4 aliphatic rings. The van der Waals surface area contributed by atoms with Gasteiger partial charge in [-0.3, -0.25) is 9.59 Å². The molecule has 25 heavy (non-hydrogen) atoms. The molecule has 4 nitrogen and oxygen atoms in total. The van der Waals surface area contributed by atoms with Gasteiger partial charge in [-0.25, -0.2) is 4.39 Å². The maximum atomic E-state index is 13.1. The number of nitrogens with one attached hydrogen (secondary N) is 1. The maximum Gasteiger partial charge on any atom is 0.240 e. The number of primary amides is 1. The third-order valence-electron chi connectivity index (χ3n) is 6.52. The van der Waals surface area contributed by atoms with Gasteiger partial charge in [0, 0.05) is 11.8 Å². The second-order valence-corrected chi connectivity index (χ2v) is 8.46. The molecule has 134 valence electrons. The van der Waals surface area contributed by atoms with E-state index in [1.165, 1.54) is 31.4 Å². The lowest BCUT2D eigenvalue weighted by atomic mass is 9.49. The molecule has 0 spiro atoms. The zero-order valence-electron chi connectivity index (χ0n) is 14.3. The van der Waals surface area contributed by atoms with E-state index in [0.717, 1.165) is 24.8 Å². The summed E-state index contributed by atoms with van der Waals surface area (Å²) in [4.78, 5) is 24.9. The van der Waals surface area contributed by atoms with Crippen molar-refractivity contribution in [2.75, 3.05) is 0 Å². The fourth-order valence-electron chi connectivity index (χ4n) is 5.78. The van der Waals surface area contributed by atoms with E-state index in [1.807, 2.05) is 0 Å². The summed E-state index contributed by atoms with van der Waals surface area (Å²) in [5.41, 5.74) is 6.01. The predicted octanol–water partition coefficient (Wildman–Crippen LogP) is 2.55. The minimum absolute atomic E-state index is 0.00230.